The summed E-state index contributed by atoms with van der Waals surface area (Å²) >= 11 is 1.39. The number of hydrogen-bond acceptors (Lipinski definition) is 7. The van der Waals surface area contributed by atoms with Crippen LogP contribution >= 0.6 is 11.3 Å². The van der Waals surface area contributed by atoms with Gasteiger partial charge in [0.1, 0.15) is 0 Å². The van der Waals surface area contributed by atoms with Gasteiger partial charge in [-0.15, -0.1) is 0 Å². The molecule has 2 aromatic rings. The van der Waals surface area contributed by atoms with Gasteiger partial charge in [-0.1, -0.05) is 17.4 Å². The smallest absolute Gasteiger partial charge is 0.306 e. The number of carboxylic acids is 1. The van der Waals surface area contributed by atoms with Gasteiger partial charge in [-0.2, -0.15) is 0 Å². The maximum atomic E-state index is 11.4. The predicted molar refractivity (Wildman–Crippen MR) is 114 cm³/mol. The van der Waals surface area contributed by atoms with Gasteiger partial charge in [-0.3, -0.25) is 24.6 Å². The Morgan fingerprint density at radius 3 is 2.53 bits per heavy atom. The largest absolute Gasteiger partial charge is 0.481 e. The number of carboxylic acid groups (broad SMARTS) is 1. The molecular formula is C20H22N4O5S. The molecule has 1 fully saturated rings. The van der Waals surface area contributed by atoms with Crippen LogP contribution in [0.3, 0.4) is 0 Å². The third-order valence-electron chi connectivity index (χ3n) is 4.85. The van der Waals surface area contributed by atoms with E-state index in [0.29, 0.717) is 43.3 Å². The number of nitro benzene ring substituents is 1. The standard InChI is InChI=1S/C20H22N4O5S/c1-13(25)21-20-22-17(7-4-14-2-5-16(6-3-14)24(28)29)18(30-20)12-23-10-8-15(9-11-23)19(26)27/h2-7,15H,8-12H2,1H3,(H,26,27)(H,21,22,25). The summed E-state index contributed by atoms with van der Waals surface area (Å²) in [5.41, 5.74) is 1.53. The van der Waals surface area contributed by atoms with Gasteiger partial charge in [0.05, 0.1) is 16.5 Å². The highest BCUT2D eigenvalue weighted by Gasteiger charge is 2.25. The highest BCUT2D eigenvalue weighted by Crippen LogP contribution is 2.28. The first kappa shape index (κ1) is 21.6. The van der Waals surface area contributed by atoms with Gasteiger partial charge in [0.25, 0.3) is 5.69 Å². The molecule has 2 heterocycles. The molecule has 0 bridgehead atoms. The summed E-state index contributed by atoms with van der Waals surface area (Å²) < 4.78 is 0. The number of piperidine rings is 1. The average molecular weight is 430 g/mol. The summed E-state index contributed by atoms with van der Waals surface area (Å²) in [5, 5.41) is 23.1. The number of hydrogen-bond donors (Lipinski definition) is 2. The van der Waals surface area contributed by atoms with Crippen LogP contribution in [-0.4, -0.2) is 44.9 Å². The third kappa shape index (κ3) is 5.71. The average Bonchev–Trinajstić information content (AvgIpc) is 3.07. The molecule has 0 spiro atoms. The highest BCUT2D eigenvalue weighted by atomic mass is 32.1. The summed E-state index contributed by atoms with van der Waals surface area (Å²) in [7, 11) is 0. The zero-order valence-electron chi connectivity index (χ0n) is 16.4. The van der Waals surface area contributed by atoms with Crippen molar-refractivity contribution in [3.8, 4) is 0 Å². The summed E-state index contributed by atoms with van der Waals surface area (Å²) in [5.74, 6) is -1.24. The monoisotopic (exact) mass is 430 g/mol. The third-order valence-corrected chi connectivity index (χ3v) is 5.82. The molecule has 0 radical (unpaired) electrons. The molecule has 0 saturated carbocycles. The molecule has 0 aliphatic carbocycles. The first-order valence-corrected chi connectivity index (χ1v) is 10.3. The van der Waals surface area contributed by atoms with Crippen molar-refractivity contribution in [2.24, 2.45) is 5.92 Å². The number of anilines is 1. The van der Waals surface area contributed by atoms with E-state index in [1.54, 1.807) is 12.1 Å². The SMILES string of the molecule is CC(=O)Nc1nc(C=Cc2ccc([N+](=O)[O-])cc2)c(CN2CCC(C(=O)O)CC2)s1. The molecule has 0 unspecified atom stereocenters. The Bertz CT molecular complexity index is 962. The van der Waals surface area contributed by atoms with Crippen molar-refractivity contribution in [3.63, 3.8) is 0 Å². The quantitative estimate of drug-likeness (QED) is 0.509. The molecule has 1 aliphatic rings. The van der Waals surface area contributed by atoms with Crippen molar-refractivity contribution in [2.75, 3.05) is 18.4 Å². The van der Waals surface area contributed by atoms with Crippen LogP contribution in [-0.2, 0) is 16.1 Å². The topological polar surface area (TPSA) is 126 Å². The van der Waals surface area contributed by atoms with Gasteiger partial charge < -0.3 is 10.4 Å². The predicted octanol–water partition coefficient (Wildman–Crippen LogP) is 3.48. The number of non-ortho nitro benzene ring substituents is 1. The number of carbonyl (C=O) groups is 2. The zero-order valence-corrected chi connectivity index (χ0v) is 17.2. The first-order chi connectivity index (χ1) is 14.3. The van der Waals surface area contributed by atoms with Crippen molar-refractivity contribution < 1.29 is 19.6 Å². The molecule has 30 heavy (non-hydrogen) atoms. The van der Waals surface area contributed by atoms with E-state index in [-0.39, 0.29) is 17.5 Å². The molecule has 3 rings (SSSR count). The Balaban J connectivity index is 1.75. The molecule has 158 valence electrons. The van der Waals surface area contributed by atoms with Gasteiger partial charge >= 0.3 is 5.97 Å². The molecule has 1 aliphatic heterocycles. The fourth-order valence-corrected chi connectivity index (χ4v) is 4.27. The van der Waals surface area contributed by atoms with E-state index in [1.165, 1.54) is 30.4 Å². The van der Waals surface area contributed by atoms with E-state index in [9.17, 15) is 19.7 Å². The lowest BCUT2D eigenvalue weighted by atomic mass is 9.97. The number of nitro groups is 1. The van der Waals surface area contributed by atoms with Crippen LogP contribution in [0.2, 0.25) is 0 Å². The highest BCUT2D eigenvalue weighted by molar-refractivity contribution is 7.16. The summed E-state index contributed by atoms with van der Waals surface area (Å²) in [4.78, 5) is 40.5. The Kier molecular flexibility index (Phi) is 6.91. The fraction of sp³-hybridized carbons (Fsp3) is 0.350. The Morgan fingerprint density at radius 2 is 1.97 bits per heavy atom. The Labute approximate surface area is 177 Å². The van der Waals surface area contributed by atoms with Crippen molar-refractivity contribution >= 4 is 46.2 Å². The number of likely N-dealkylation sites (tertiary alicyclic amines) is 1. The van der Waals surface area contributed by atoms with Crippen LogP contribution in [0.4, 0.5) is 10.8 Å². The van der Waals surface area contributed by atoms with Gasteiger partial charge in [-0.05, 0) is 49.7 Å². The second-order valence-corrected chi connectivity index (χ2v) is 8.16. The number of thiazole rings is 1. The molecule has 1 aromatic heterocycles. The molecule has 0 atom stereocenters. The Hall–Kier alpha value is -3.11. The minimum atomic E-state index is -0.743. The van der Waals surface area contributed by atoms with Crippen LogP contribution in [0.5, 0.6) is 0 Å². The summed E-state index contributed by atoms with van der Waals surface area (Å²) in [6, 6.07) is 6.20. The number of amides is 1. The summed E-state index contributed by atoms with van der Waals surface area (Å²) in [6.45, 7) is 3.42. The summed E-state index contributed by atoms with van der Waals surface area (Å²) in [6.07, 6.45) is 4.86. The van der Waals surface area contributed by atoms with Crippen molar-refractivity contribution in [3.05, 3.63) is 50.5 Å². The number of nitrogens with one attached hydrogen (secondary N) is 1. The van der Waals surface area contributed by atoms with E-state index in [0.717, 1.165) is 10.4 Å². The second kappa shape index (κ2) is 9.59. The second-order valence-electron chi connectivity index (χ2n) is 7.08. The number of aromatic nitrogens is 1. The van der Waals surface area contributed by atoms with Crippen LogP contribution in [0, 0.1) is 16.0 Å². The molecule has 10 heteroatoms. The fourth-order valence-electron chi connectivity index (χ4n) is 3.23. The molecule has 1 amide bonds. The van der Waals surface area contributed by atoms with Crippen LogP contribution in [0.1, 0.15) is 35.9 Å². The normalized spacial score (nSPS) is 15.4. The van der Waals surface area contributed by atoms with E-state index < -0.39 is 10.9 Å². The number of benzene rings is 1. The van der Waals surface area contributed by atoms with E-state index in [4.69, 9.17) is 5.11 Å². The van der Waals surface area contributed by atoms with Gasteiger partial charge in [0, 0.05) is 30.5 Å². The minimum absolute atomic E-state index is 0.0270. The number of nitrogens with zero attached hydrogens (tertiary/aromatic N) is 3. The lowest BCUT2D eigenvalue weighted by molar-refractivity contribution is -0.384. The molecule has 2 N–H and O–H groups in total. The van der Waals surface area contributed by atoms with Crippen molar-refractivity contribution in [1.82, 2.24) is 9.88 Å². The maximum Gasteiger partial charge on any atom is 0.306 e. The maximum absolute atomic E-state index is 11.4. The van der Waals surface area contributed by atoms with Crippen molar-refractivity contribution in [1.29, 1.82) is 0 Å². The van der Waals surface area contributed by atoms with Gasteiger partial charge in [0.15, 0.2) is 5.13 Å². The number of aliphatic carboxylic acids is 1. The number of carbonyl (C=O) groups excluding carboxylic acids is 1. The first-order valence-electron chi connectivity index (χ1n) is 9.47. The number of rotatable bonds is 7. The van der Waals surface area contributed by atoms with Crippen molar-refractivity contribution in [2.45, 2.75) is 26.3 Å². The van der Waals surface area contributed by atoms with Crippen LogP contribution in [0.25, 0.3) is 12.2 Å². The lowest BCUT2D eigenvalue weighted by Crippen LogP contribution is -2.35. The minimum Gasteiger partial charge on any atom is -0.481 e. The molecular weight excluding hydrogens is 408 g/mol. The lowest BCUT2D eigenvalue weighted by Gasteiger charge is -2.29. The molecule has 1 saturated heterocycles. The van der Waals surface area contributed by atoms with E-state index >= 15 is 0 Å². The molecule has 9 nitrogen and oxygen atoms in total. The van der Waals surface area contributed by atoms with Gasteiger partial charge in [-0.25, -0.2) is 4.98 Å². The van der Waals surface area contributed by atoms with Crippen LogP contribution in [0.15, 0.2) is 24.3 Å². The van der Waals surface area contributed by atoms with E-state index in [2.05, 4.69) is 15.2 Å². The zero-order chi connectivity index (χ0) is 21.7. The van der Waals surface area contributed by atoms with Gasteiger partial charge in [0.2, 0.25) is 5.91 Å². The van der Waals surface area contributed by atoms with E-state index in [1.807, 2.05) is 12.2 Å². The Morgan fingerprint density at radius 1 is 1.30 bits per heavy atom. The molecule has 1 aromatic carbocycles. The van der Waals surface area contributed by atoms with Crippen LogP contribution < -0.4 is 5.32 Å².